The van der Waals surface area contributed by atoms with E-state index in [-0.39, 0.29) is 11.3 Å². The quantitative estimate of drug-likeness (QED) is 0.785. The Bertz CT molecular complexity index is 370. The van der Waals surface area contributed by atoms with Gasteiger partial charge in [-0.3, -0.25) is 9.48 Å². The van der Waals surface area contributed by atoms with Crippen molar-refractivity contribution in [2.45, 2.75) is 12.8 Å². The van der Waals surface area contributed by atoms with Gasteiger partial charge in [-0.1, -0.05) is 0 Å². The highest BCUT2D eigenvalue weighted by Gasteiger charge is 2.41. The molecular formula is C10H14ClN3O. The highest BCUT2D eigenvalue weighted by Crippen LogP contribution is 2.45. The average molecular weight is 228 g/mol. The molecule has 0 radical (unpaired) electrons. The third kappa shape index (κ3) is 2.15. The van der Waals surface area contributed by atoms with E-state index in [9.17, 15) is 4.79 Å². The van der Waals surface area contributed by atoms with Crippen LogP contribution in [-0.4, -0.2) is 28.1 Å². The molecule has 1 heterocycles. The first-order chi connectivity index (χ1) is 7.17. The number of nitrogens with zero attached hydrogens (tertiary/aromatic N) is 2. The number of hydrogen-bond donors (Lipinski definition) is 1. The summed E-state index contributed by atoms with van der Waals surface area (Å²) in [6.07, 6.45) is 3.84. The summed E-state index contributed by atoms with van der Waals surface area (Å²) in [4.78, 5) is 11.7. The van der Waals surface area contributed by atoms with Crippen molar-refractivity contribution >= 4 is 17.5 Å². The molecule has 0 spiro atoms. The van der Waals surface area contributed by atoms with Gasteiger partial charge in [0, 0.05) is 31.1 Å². The van der Waals surface area contributed by atoms with Crippen molar-refractivity contribution in [3.8, 4) is 0 Å². The Morgan fingerprint density at radius 2 is 2.47 bits per heavy atom. The van der Waals surface area contributed by atoms with Gasteiger partial charge >= 0.3 is 0 Å². The fourth-order valence-corrected chi connectivity index (χ4v) is 1.85. The molecule has 1 amide bonds. The SMILES string of the molecule is Cn1nccc1C(=O)NCC1(CCl)CC1. The van der Waals surface area contributed by atoms with Gasteiger partial charge < -0.3 is 5.32 Å². The molecule has 0 aliphatic heterocycles. The number of carbonyl (C=O) groups excluding carboxylic acids is 1. The molecule has 5 heteroatoms. The molecule has 1 aliphatic rings. The molecule has 1 aromatic rings. The summed E-state index contributed by atoms with van der Waals surface area (Å²) in [5, 5.41) is 6.84. The van der Waals surface area contributed by atoms with Crippen LogP contribution >= 0.6 is 11.6 Å². The molecule has 2 rings (SSSR count). The van der Waals surface area contributed by atoms with E-state index in [0.29, 0.717) is 18.1 Å². The van der Waals surface area contributed by atoms with Crippen molar-refractivity contribution in [1.29, 1.82) is 0 Å². The van der Waals surface area contributed by atoms with Crippen LogP contribution in [0.4, 0.5) is 0 Å². The Kier molecular flexibility index (Phi) is 2.69. The van der Waals surface area contributed by atoms with Crippen LogP contribution in [0.25, 0.3) is 0 Å². The smallest absolute Gasteiger partial charge is 0.269 e. The Morgan fingerprint density at radius 1 is 1.73 bits per heavy atom. The normalized spacial score (nSPS) is 17.5. The van der Waals surface area contributed by atoms with Gasteiger partial charge in [0.25, 0.3) is 5.91 Å². The summed E-state index contributed by atoms with van der Waals surface area (Å²) in [5.74, 6) is 0.546. The molecule has 0 unspecified atom stereocenters. The van der Waals surface area contributed by atoms with Gasteiger partial charge in [-0.15, -0.1) is 11.6 Å². The second kappa shape index (κ2) is 3.85. The van der Waals surface area contributed by atoms with E-state index in [1.54, 1.807) is 24.0 Å². The number of aryl methyl sites for hydroxylation is 1. The maximum atomic E-state index is 11.7. The second-order valence-electron chi connectivity index (χ2n) is 4.16. The largest absolute Gasteiger partial charge is 0.350 e. The van der Waals surface area contributed by atoms with Crippen molar-refractivity contribution in [3.05, 3.63) is 18.0 Å². The Balaban J connectivity index is 1.91. The summed E-state index contributed by atoms with van der Waals surface area (Å²) >= 11 is 5.83. The third-order valence-corrected chi connectivity index (χ3v) is 3.49. The zero-order valence-corrected chi connectivity index (χ0v) is 9.42. The topological polar surface area (TPSA) is 46.9 Å². The predicted octanol–water partition coefficient (Wildman–Crippen LogP) is 1.17. The molecule has 0 atom stereocenters. The van der Waals surface area contributed by atoms with E-state index in [0.717, 1.165) is 12.8 Å². The van der Waals surface area contributed by atoms with Crippen LogP contribution in [0.3, 0.4) is 0 Å². The van der Waals surface area contributed by atoms with Gasteiger partial charge in [-0.2, -0.15) is 5.10 Å². The number of rotatable bonds is 4. The zero-order chi connectivity index (χ0) is 10.9. The molecule has 1 fully saturated rings. The van der Waals surface area contributed by atoms with E-state index >= 15 is 0 Å². The Hall–Kier alpha value is -1.03. The lowest BCUT2D eigenvalue weighted by molar-refractivity contribution is 0.0937. The number of hydrogen-bond acceptors (Lipinski definition) is 2. The third-order valence-electron chi connectivity index (χ3n) is 2.92. The first-order valence-electron chi connectivity index (χ1n) is 4.99. The van der Waals surface area contributed by atoms with Crippen LogP contribution in [0.1, 0.15) is 23.3 Å². The lowest BCUT2D eigenvalue weighted by atomic mass is 10.1. The van der Waals surface area contributed by atoms with Crippen LogP contribution in [0.2, 0.25) is 0 Å². The van der Waals surface area contributed by atoms with Crippen LogP contribution in [0, 0.1) is 5.41 Å². The predicted molar refractivity (Wildman–Crippen MR) is 57.9 cm³/mol. The van der Waals surface area contributed by atoms with Gasteiger partial charge in [-0.05, 0) is 18.9 Å². The van der Waals surface area contributed by atoms with Crippen LogP contribution in [-0.2, 0) is 7.05 Å². The summed E-state index contributed by atoms with van der Waals surface area (Å²) in [5.41, 5.74) is 0.746. The van der Waals surface area contributed by atoms with Gasteiger partial charge in [0.05, 0.1) is 0 Å². The molecule has 1 aromatic heterocycles. The van der Waals surface area contributed by atoms with Crippen LogP contribution < -0.4 is 5.32 Å². The highest BCUT2D eigenvalue weighted by molar-refractivity contribution is 6.18. The molecule has 0 bridgehead atoms. The van der Waals surface area contributed by atoms with Gasteiger partial charge in [0.15, 0.2) is 0 Å². The van der Waals surface area contributed by atoms with Crippen molar-refractivity contribution in [2.75, 3.05) is 12.4 Å². The maximum Gasteiger partial charge on any atom is 0.269 e. The molecule has 82 valence electrons. The van der Waals surface area contributed by atoms with Crippen molar-refractivity contribution in [3.63, 3.8) is 0 Å². The molecule has 1 saturated carbocycles. The van der Waals surface area contributed by atoms with Crippen molar-refractivity contribution < 1.29 is 4.79 Å². The number of nitrogens with one attached hydrogen (secondary N) is 1. The van der Waals surface area contributed by atoms with E-state index in [1.165, 1.54) is 0 Å². The van der Waals surface area contributed by atoms with E-state index in [1.807, 2.05) is 0 Å². The molecule has 4 nitrogen and oxygen atoms in total. The minimum atomic E-state index is -0.0774. The highest BCUT2D eigenvalue weighted by atomic mass is 35.5. The first-order valence-corrected chi connectivity index (χ1v) is 5.52. The number of amides is 1. The molecule has 0 aromatic carbocycles. The number of halogens is 1. The Labute approximate surface area is 93.6 Å². The van der Waals surface area contributed by atoms with E-state index < -0.39 is 0 Å². The molecule has 1 N–H and O–H groups in total. The fourth-order valence-electron chi connectivity index (χ4n) is 1.49. The number of aromatic nitrogens is 2. The standard InChI is InChI=1S/C10H14ClN3O/c1-14-8(2-5-13-14)9(15)12-7-10(6-11)3-4-10/h2,5H,3-4,6-7H2,1H3,(H,12,15). The molecular weight excluding hydrogens is 214 g/mol. The molecule has 15 heavy (non-hydrogen) atoms. The van der Waals surface area contributed by atoms with Crippen LogP contribution in [0.15, 0.2) is 12.3 Å². The van der Waals surface area contributed by atoms with Gasteiger partial charge in [0.2, 0.25) is 0 Å². The average Bonchev–Trinajstić information content (AvgIpc) is 2.91. The number of alkyl halides is 1. The Morgan fingerprint density at radius 3 is 2.93 bits per heavy atom. The first kappa shape index (κ1) is 10.5. The van der Waals surface area contributed by atoms with Gasteiger partial charge in [0.1, 0.15) is 5.69 Å². The lowest BCUT2D eigenvalue weighted by Gasteiger charge is -2.12. The summed E-state index contributed by atoms with van der Waals surface area (Å²) in [6.45, 7) is 0.667. The maximum absolute atomic E-state index is 11.7. The summed E-state index contributed by atoms with van der Waals surface area (Å²) < 4.78 is 1.57. The van der Waals surface area contributed by atoms with Crippen molar-refractivity contribution in [2.24, 2.45) is 12.5 Å². The van der Waals surface area contributed by atoms with Crippen LogP contribution in [0.5, 0.6) is 0 Å². The van der Waals surface area contributed by atoms with E-state index in [4.69, 9.17) is 11.6 Å². The molecule has 1 aliphatic carbocycles. The minimum Gasteiger partial charge on any atom is -0.350 e. The summed E-state index contributed by atoms with van der Waals surface area (Å²) in [7, 11) is 1.75. The fraction of sp³-hybridized carbons (Fsp3) is 0.600. The summed E-state index contributed by atoms with van der Waals surface area (Å²) in [6, 6.07) is 1.70. The lowest BCUT2D eigenvalue weighted by Crippen LogP contribution is -2.32. The second-order valence-corrected chi connectivity index (χ2v) is 4.42. The monoisotopic (exact) mass is 227 g/mol. The van der Waals surface area contributed by atoms with Gasteiger partial charge in [-0.25, -0.2) is 0 Å². The zero-order valence-electron chi connectivity index (χ0n) is 8.66. The van der Waals surface area contributed by atoms with E-state index in [2.05, 4.69) is 10.4 Å². The molecule has 0 saturated heterocycles. The van der Waals surface area contributed by atoms with Crippen molar-refractivity contribution in [1.82, 2.24) is 15.1 Å². The number of carbonyl (C=O) groups is 1. The minimum absolute atomic E-state index is 0.0774.